The van der Waals surface area contributed by atoms with E-state index < -0.39 is 6.04 Å². The molecule has 0 bridgehead atoms. The first-order chi connectivity index (χ1) is 10.0. The van der Waals surface area contributed by atoms with Crippen molar-refractivity contribution in [3.05, 3.63) is 34.3 Å². The van der Waals surface area contributed by atoms with Crippen LogP contribution in [0.1, 0.15) is 22.8 Å². The van der Waals surface area contributed by atoms with Gasteiger partial charge in [-0.3, -0.25) is 4.79 Å². The Hall–Kier alpha value is -1.59. The topological polar surface area (TPSA) is 58.6 Å². The Morgan fingerprint density at radius 3 is 2.86 bits per heavy atom. The van der Waals surface area contributed by atoms with Crippen molar-refractivity contribution in [2.75, 3.05) is 26.2 Å². The normalized spacial score (nSPS) is 18.4. The van der Waals surface area contributed by atoms with Gasteiger partial charge in [-0.2, -0.15) is 0 Å². The van der Waals surface area contributed by atoms with Gasteiger partial charge in [0.2, 0.25) is 0 Å². The third kappa shape index (κ3) is 3.74. The summed E-state index contributed by atoms with van der Waals surface area (Å²) in [5.74, 6) is -0.572. The van der Waals surface area contributed by atoms with E-state index in [0.29, 0.717) is 36.8 Å². The number of benzene rings is 1. The molecule has 0 aliphatic carbocycles. The number of amides is 1. The van der Waals surface area contributed by atoms with Gasteiger partial charge in [-0.1, -0.05) is 11.6 Å². The summed E-state index contributed by atoms with van der Waals surface area (Å²) in [6.45, 7) is 5.46. The molecule has 1 heterocycles. The summed E-state index contributed by atoms with van der Waals surface area (Å²) in [6, 6.07) is 4.60. The number of esters is 1. The van der Waals surface area contributed by atoms with Crippen LogP contribution in [0, 0.1) is 6.92 Å². The Kier molecular flexibility index (Phi) is 5.20. The zero-order valence-electron chi connectivity index (χ0n) is 12.2. The lowest BCUT2D eigenvalue weighted by atomic mass is 10.1. The van der Waals surface area contributed by atoms with E-state index in [0.717, 1.165) is 5.56 Å². The molecular formula is C15H19ClN2O3. The number of hydrogen-bond acceptors (Lipinski definition) is 4. The van der Waals surface area contributed by atoms with E-state index in [1.54, 1.807) is 30.0 Å². The van der Waals surface area contributed by atoms with Crippen molar-refractivity contribution >= 4 is 23.5 Å². The van der Waals surface area contributed by atoms with Crippen LogP contribution in [0.5, 0.6) is 0 Å². The third-order valence-corrected chi connectivity index (χ3v) is 3.57. The number of hydrogen-bond donors (Lipinski definition) is 1. The molecule has 1 atom stereocenters. The van der Waals surface area contributed by atoms with Gasteiger partial charge >= 0.3 is 5.97 Å². The fraction of sp³-hybridized carbons (Fsp3) is 0.467. The second kappa shape index (κ2) is 6.91. The highest BCUT2D eigenvalue weighted by molar-refractivity contribution is 6.31. The maximum absolute atomic E-state index is 12.7. The lowest BCUT2D eigenvalue weighted by Crippen LogP contribution is -2.57. The largest absolute Gasteiger partial charge is 0.464 e. The molecule has 1 amide bonds. The molecule has 0 aromatic heterocycles. The summed E-state index contributed by atoms with van der Waals surface area (Å²) in [7, 11) is 0. The molecule has 0 radical (unpaired) electrons. The van der Waals surface area contributed by atoms with E-state index in [1.165, 1.54) is 0 Å². The maximum Gasteiger partial charge on any atom is 0.330 e. The molecule has 1 N–H and O–H groups in total. The molecule has 21 heavy (non-hydrogen) atoms. The zero-order valence-corrected chi connectivity index (χ0v) is 12.9. The molecule has 2 rings (SSSR count). The summed E-state index contributed by atoms with van der Waals surface area (Å²) >= 11 is 6.01. The van der Waals surface area contributed by atoms with Crippen LogP contribution in [0.2, 0.25) is 5.02 Å². The smallest absolute Gasteiger partial charge is 0.330 e. The molecule has 114 valence electrons. The number of nitrogens with one attached hydrogen (secondary N) is 1. The lowest BCUT2D eigenvalue weighted by Gasteiger charge is -2.34. The minimum Gasteiger partial charge on any atom is -0.464 e. The van der Waals surface area contributed by atoms with Crippen molar-refractivity contribution in [2.24, 2.45) is 0 Å². The molecule has 1 aromatic rings. The minimum absolute atomic E-state index is 0.194. The minimum atomic E-state index is -0.592. The van der Waals surface area contributed by atoms with Gasteiger partial charge in [-0.25, -0.2) is 4.79 Å². The molecule has 1 aromatic carbocycles. The number of rotatable bonds is 3. The van der Waals surface area contributed by atoms with E-state index in [2.05, 4.69) is 5.32 Å². The van der Waals surface area contributed by atoms with Crippen LogP contribution in [-0.4, -0.2) is 49.1 Å². The van der Waals surface area contributed by atoms with Crippen LogP contribution in [0.4, 0.5) is 0 Å². The van der Waals surface area contributed by atoms with Crippen molar-refractivity contribution in [1.29, 1.82) is 0 Å². The molecule has 1 aliphatic heterocycles. The van der Waals surface area contributed by atoms with Crippen LogP contribution in [0.3, 0.4) is 0 Å². The van der Waals surface area contributed by atoms with Crippen molar-refractivity contribution in [1.82, 2.24) is 10.2 Å². The highest BCUT2D eigenvalue weighted by atomic mass is 35.5. The maximum atomic E-state index is 12.7. The number of carbonyl (C=O) groups is 2. The standard InChI is InChI=1S/C15H19ClN2O3/c1-3-21-15(20)13-9-17-4-5-18(13)14(19)11-6-10(2)7-12(16)8-11/h6-8,13,17H,3-5,9H2,1-2H3. The van der Waals surface area contributed by atoms with Gasteiger partial charge < -0.3 is 15.0 Å². The van der Waals surface area contributed by atoms with Gasteiger partial charge in [0.1, 0.15) is 6.04 Å². The first kappa shape index (κ1) is 15.8. The second-order valence-corrected chi connectivity index (χ2v) is 5.42. The highest BCUT2D eigenvalue weighted by Gasteiger charge is 2.33. The van der Waals surface area contributed by atoms with Crippen LogP contribution in [0.15, 0.2) is 18.2 Å². The SMILES string of the molecule is CCOC(=O)C1CNCCN1C(=O)c1cc(C)cc(Cl)c1. The van der Waals surface area contributed by atoms with Crippen LogP contribution >= 0.6 is 11.6 Å². The van der Waals surface area contributed by atoms with E-state index in [1.807, 2.05) is 6.92 Å². The Balaban J connectivity index is 2.24. The molecule has 0 saturated carbocycles. The first-order valence-corrected chi connectivity index (χ1v) is 7.36. The molecule has 1 saturated heterocycles. The summed E-state index contributed by atoms with van der Waals surface area (Å²) in [4.78, 5) is 26.2. The van der Waals surface area contributed by atoms with Crippen molar-refractivity contribution in [2.45, 2.75) is 19.9 Å². The average molecular weight is 311 g/mol. The Labute approximate surface area is 129 Å². The van der Waals surface area contributed by atoms with Crippen molar-refractivity contribution in [3.63, 3.8) is 0 Å². The fourth-order valence-electron chi connectivity index (χ4n) is 2.42. The monoisotopic (exact) mass is 310 g/mol. The molecule has 1 fully saturated rings. The number of ether oxygens (including phenoxy) is 1. The van der Waals surface area contributed by atoms with Crippen molar-refractivity contribution < 1.29 is 14.3 Å². The fourth-order valence-corrected chi connectivity index (χ4v) is 2.71. The van der Waals surface area contributed by atoms with Gasteiger partial charge in [0.25, 0.3) is 5.91 Å². The van der Waals surface area contributed by atoms with E-state index >= 15 is 0 Å². The molecule has 5 nitrogen and oxygen atoms in total. The number of halogens is 1. The second-order valence-electron chi connectivity index (χ2n) is 4.99. The quantitative estimate of drug-likeness (QED) is 0.862. The van der Waals surface area contributed by atoms with Gasteiger partial charge in [-0.05, 0) is 37.6 Å². The predicted molar refractivity (Wildman–Crippen MR) is 80.5 cm³/mol. The van der Waals surface area contributed by atoms with Gasteiger partial charge in [0.15, 0.2) is 0 Å². The van der Waals surface area contributed by atoms with E-state index in [-0.39, 0.29) is 11.9 Å². The van der Waals surface area contributed by atoms with Crippen molar-refractivity contribution in [3.8, 4) is 0 Å². The highest BCUT2D eigenvalue weighted by Crippen LogP contribution is 2.18. The summed E-state index contributed by atoms with van der Waals surface area (Å²) in [5, 5.41) is 3.63. The molecule has 1 unspecified atom stereocenters. The van der Waals surface area contributed by atoms with Crippen LogP contribution in [0.25, 0.3) is 0 Å². The number of nitrogens with zero attached hydrogens (tertiary/aromatic N) is 1. The average Bonchev–Trinajstić information content (AvgIpc) is 2.45. The zero-order chi connectivity index (χ0) is 15.4. The number of carbonyl (C=O) groups excluding carboxylic acids is 2. The Morgan fingerprint density at radius 2 is 2.19 bits per heavy atom. The summed E-state index contributed by atoms with van der Waals surface area (Å²) in [5.41, 5.74) is 1.41. The van der Waals surface area contributed by atoms with E-state index in [9.17, 15) is 9.59 Å². The molecule has 1 aliphatic rings. The molecular weight excluding hydrogens is 292 g/mol. The summed E-state index contributed by atoms with van der Waals surface area (Å²) in [6.07, 6.45) is 0. The molecule has 0 spiro atoms. The van der Waals surface area contributed by atoms with E-state index in [4.69, 9.17) is 16.3 Å². The van der Waals surface area contributed by atoms with Gasteiger partial charge in [-0.15, -0.1) is 0 Å². The molecule has 6 heteroatoms. The predicted octanol–water partition coefficient (Wildman–Crippen LogP) is 1.63. The van der Waals surface area contributed by atoms with Gasteiger partial charge in [0.05, 0.1) is 6.61 Å². The number of aryl methyl sites for hydroxylation is 1. The third-order valence-electron chi connectivity index (χ3n) is 3.35. The Bertz CT molecular complexity index is 527. The number of piperazine rings is 1. The summed E-state index contributed by atoms with van der Waals surface area (Å²) < 4.78 is 5.05. The van der Waals surface area contributed by atoms with Gasteiger partial charge in [0, 0.05) is 30.2 Å². The Morgan fingerprint density at radius 1 is 1.43 bits per heavy atom. The lowest BCUT2D eigenvalue weighted by molar-refractivity contribution is -0.149. The van der Waals surface area contributed by atoms with Crippen LogP contribution in [-0.2, 0) is 9.53 Å². The first-order valence-electron chi connectivity index (χ1n) is 6.98. The van der Waals surface area contributed by atoms with Crippen LogP contribution < -0.4 is 5.32 Å².